The molecule has 172 valence electrons. The van der Waals surface area contributed by atoms with E-state index in [9.17, 15) is 14.7 Å². The second-order valence-corrected chi connectivity index (χ2v) is 9.63. The normalized spacial score (nSPS) is 24.4. The molecule has 2 heterocycles. The number of hydrogen-bond donors (Lipinski definition) is 1. The number of aromatic nitrogens is 2. The molecule has 0 bridgehead atoms. The lowest BCUT2D eigenvalue weighted by molar-refractivity contribution is -0.138. The van der Waals surface area contributed by atoms with Gasteiger partial charge < -0.3 is 19.5 Å². The molecule has 1 saturated heterocycles. The van der Waals surface area contributed by atoms with Crippen molar-refractivity contribution >= 4 is 22.8 Å². The van der Waals surface area contributed by atoms with Crippen molar-refractivity contribution in [3.63, 3.8) is 0 Å². The number of fused-ring (bicyclic) bond motifs is 1. The van der Waals surface area contributed by atoms with Crippen molar-refractivity contribution in [2.45, 2.75) is 83.4 Å². The van der Waals surface area contributed by atoms with Gasteiger partial charge >= 0.3 is 0 Å². The summed E-state index contributed by atoms with van der Waals surface area (Å²) in [5.74, 6) is 0.961. The molecule has 32 heavy (non-hydrogen) atoms. The van der Waals surface area contributed by atoms with Crippen LogP contribution in [0.1, 0.15) is 80.0 Å². The number of piperazine rings is 1. The van der Waals surface area contributed by atoms with Crippen molar-refractivity contribution in [2.24, 2.45) is 0 Å². The van der Waals surface area contributed by atoms with Gasteiger partial charge in [0.2, 0.25) is 5.91 Å². The van der Waals surface area contributed by atoms with Gasteiger partial charge in [-0.15, -0.1) is 0 Å². The smallest absolute Gasteiger partial charge is 0.290 e. The van der Waals surface area contributed by atoms with E-state index in [4.69, 9.17) is 4.98 Å². The van der Waals surface area contributed by atoms with E-state index < -0.39 is 0 Å². The number of aliphatic hydroxyl groups is 1. The van der Waals surface area contributed by atoms with E-state index >= 15 is 0 Å². The fourth-order valence-electron chi connectivity index (χ4n) is 5.48. The Hall–Kier alpha value is -2.41. The minimum atomic E-state index is -0.236. The Kier molecular flexibility index (Phi) is 5.70. The third-order valence-electron chi connectivity index (χ3n) is 7.54. The van der Waals surface area contributed by atoms with Gasteiger partial charge in [0.1, 0.15) is 6.54 Å². The van der Waals surface area contributed by atoms with Crippen LogP contribution in [0.3, 0.4) is 0 Å². The molecule has 0 unspecified atom stereocenters. The van der Waals surface area contributed by atoms with Crippen LogP contribution in [0.15, 0.2) is 12.1 Å². The fraction of sp³-hybridized carbons (Fsp3) is 0.640. The minimum absolute atomic E-state index is 0.00964. The zero-order valence-corrected chi connectivity index (χ0v) is 19.2. The third-order valence-corrected chi connectivity index (χ3v) is 7.54. The Bertz CT molecular complexity index is 1030. The molecular weight excluding hydrogens is 404 g/mol. The van der Waals surface area contributed by atoms with Gasteiger partial charge in [-0.2, -0.15) is 0 Å². The van der Waals surface area contributed by atoms with Crippen LogP contribution in [0.5, 0.6) is 0 Å². The zero-order chi connectivity index (χ0) is 22.4. The monoisotopic (exact) mass is 438 g/mol. The Labute approximate surface area is 189 Å². The molecule has 1 aromatic carbocycles. The number of rotatable bonds is 5. The molecular formula is C25H34N4O3. The Morgan fingerprint density at radius 3 is 2.47 bits per heavy atom. The third kappa shape index (κ3) is 3.81. The van der Waals surface area contributed by atoms with Gasteiger partial charge in [0.05, 0.1) is 17.1 Å². The van der Waals surface area contributed by atoms with Crippen LogP contribution in [0.4, 0.5) is 0 Å². The van der Waals surface area contributed by atoms with Crippen LogP contribution in [0.25, 0.3) is 11.0 Å². The van der Waals surface area contributed by atoms with Crippen LogP contribution < -0.4 is 0 Å². The summed E-state index contributed by atoms with van der Waals surface area (Å²) in [6, 6.07) is 4.68. The zero-order valence-electron chi connectivity index (χ0n) is 19.2. The van der Waals surface area contributed by atoms with Gasteiger partial charge in [-0.1, -0.05) is 13.0 Å². The van der Waals surface area contributed by atoms with Crippen molar-refractivity contribution in [1.82, 2.24) is 19.4 Å². The van der Waals surface area contributed by atoms with Crippen LogP contribution in [-0.2, 0) is 17.8 Å². The van der Waals surface area contributed by atoms with Gasteiger partial charge in [-0.05, 0) is 75.0 Å². The molecule has 0 spiro atoms. The molecule has 3 fully saturated rings. The van der Waals surface area contributed by atoms with Gasteiger partial charge in [0.15, 0.2) is 5.82 Å². The lowest BCUT2D eigenvalue weighted by Gasteiger charge is -2.41. The van der Waals surface area contributed by atoms with Crippen molar-refractivity contribution < 1.29 is 14.7 Å². The predicted octanol–water partition coefficient (Wildman–Crippen LogP) is 3.08. The van der Waals surface area contributed by atoms with E-state index in [0.29, 0.717) is 31.4 Å². The van der Waals surface area contributed by atoms with Crippen LogP contribution in [0, 0.1) is 0 Å². The number of amides is 2. The number of carbonyl (C=O) groups excluding carboxylic acids is 2. The number of hydrogen-bond acceptors (Lipinski definition) is 4. The number of aryl methyl sites for hydroxylation is 2. The number of nitrogens with zero attached hydrogens (tertiary/aromatic N) is 4. The van der Waals surface area contributed by atoms with E-state index in [1.807, 2.05) is 16.4 Å². The highest BCUT2D eigenvalue weighted by Gasteiger charge is 2.35. The average molecular weight is 439 g/mol. The Balaban J connectivity index is 1.38. The summed E-state index contributed by atoms with van der Waals surface area (Å²) in [5, 5.41) is 9.76. The molecule has 2 saturated carbocycles. The maximum atomic E-state index is 13.5. The highest BCUT2D eigenvalue weighted by atomic mass is 16.3. The molecule has 3 aliphatic rings. The number of benzene rings is 1. The van der Waals surface area contributed by atoms with Crippen molar-refractivity contribution in [3.8, 4) is 0 Å². The van der Waals surface area contributed by atoms with Crippen molar-refractivity contribution in [3.05, 3.63) is 29.1 Å². The molecule has 5 rings (SSSR count). The van der Waals surface area contributed by atoms with Crippen LogP contribution in [0.2, 0.25) is 0 Å². The first-order valence-electron chi connectivity index (χ1n) is 12.3. The molecule has 2 aromatic rings. The lowest BCUT2D eigenvalue weighted by Crippen LogP contribution is -2.56. The van der Waals surface area contributed by atoms with E-state index in [1.165, 1.54) is 24.0 Å². The minimum Gasteiger partial charge on any atom is -0.393 e. The Morgan fingerprint density at radius 2 is 1.84 bits per heavy atom. The first-order chi connectivity index (χ1) is 15.5. The number of imidazole rings is 1. The SMILES string of the molecule is CCc1cc(C2CC2)cc2c1nc(C(=O)N1CCN(C3CCC(O)CC3)C(=O)C1)n2CC. The van der Waals surface area contributed by atoms with Gasteiger partial charge in [0.25, 0.3) is 5.91 Å². The van der Waals surface area contributed by atoms with Crippen molar-refractivity contribution in [2.75, 3.05) is 19.6 Å². The van der Waals surface area contributed by atoms with Gasteiger partial charge in [-0.25, -0.2) is 4.98 Å². The topological polar surface area (TPSA) is 78.7 Å². The van der Waals surface area contributed by atoms with Crippen molar-refractivity contribution in [1.29, 1.82) is 0 Å². The highest BCUT2D eigenvalue weighted by molar-refractivity contribution is 5.98. The first-order valence-corrected chi connectivity index (χ1v) is 12.3. The molecule has 0 radical (unpaired) electrons. The maximum Gasteiger partial charge on any atom is 0.290 e. The molecule has 1 aliphatic heterocycles. The average Bonchev–Trinajstić information content (AvgIpc) is 3.59. The maximum absolute atomic E-state index is 13.5. The molecule has 0 atom stereocenters. The summed E-state index contributed by atoms with van der Waals surface area (Å²) in [6.07, 6.45) is 6.32. The molecule has 2 aliphatic carbocycles. The predicted molar refractivity (Wildman–Crippen MR) is 123 cm³/mol. The van der Waals surface area contributed by atoms with Crippen LogP contribution in [-0.4, -0.2) is 68.1 Å². The second-order valence-electron chi connectivity index (χ2n) is 9.63. The molecule has 2 amide bonds. The lowest BCUT2D eigenvalue weighted by atomic mass is 9.91. The Morgan fingerprint density at radius 1 is 1.09 bits per heavy atom. The summed E-state index contributed by atoms with van der Waals surface area (Å²) in [7, 11) is 0. The number of carbonyl (C=O) groups is 2. The highest BCUT2D eigenvalue weighted by Crippen LogP contribution is 2.42. The van der Waals surface area contributed by atoms with Gasteiger partial charge in [0, 0.05) is 25.7 Å². The number of aliphatic hydroxyl groups excluding tert-OH is 1. The summed E-state index contributed by atoms with van der Waals surface area (Å²) >= 11 is 0. The summed E-state index contributed by atoms with van der Waals surface area (Å²) in [5.41, 5.74) is 4.53. The quantitative estimate of drug-likeness (QED) is 0.778. The summed E-state index contributed by atoms with van der Waals surface area (Å²) in [6.45, 7) is 6.06. The second kappa shape index (κ2) is 8.50. The van der Waals surface area contributed by atoms with E-state index in [2.05, 4.69) is 19.1 Å². The van der Waals surface area contributed by atoms with Crippen LogP contribution >= 0.6 is 0 Å². The molecule has 1 N–H and O–H groups in total. The van der Waals surface area contributed by atoms with E-state index in [-0.39, 0.29) is 30.5 Å². The first kappa shape index (κ1) is 21.4. The van der Waals surface area contributed by atoms with E-state index in [1.54, 1.807) is 4.90 Å². The van der Waals surface area contributed by atoms with E-state index in [0.717, 1.165) is 43.1 Å². The summed E-state index contributed by atoms with van der Waals surface area (Å²) < 4.78 is 2.03. The molecule has 7 nitrogen and oxygen atoms in total. The fourth-order valence-corrected chi connectivity index (χ4v) is 5.48. The standard InChI is InChI=1S/C25H34N4O3/c1-3-16-13-18(17-5-6-17)14-21-23(16)26-24(28(21)4-2)25(32)27-11-12-29(22(31)15-27)19-7-9-20(30)10-8-19/h13-14,17,19-20,30H,3-12,15H2,1-2H3. The largest absolute Gasteiger partial charge is 0.393 e. The molecule has 1 aromatic heterocycles. The molecule has 7 heteroatoms. The summed E-state index contributed by atoms with van der Waals surface area (Å²) in [4.78, 5) is 34.8. The van der Waals surface area contributed by atoms with Gasteiger partial charge in [-0.3, -0.25) is 9.59 Å².